The summed E-state index contributed by atoms with van der Waals surface area (Å²) in [5, 5.41) is 3.27. The fourth-order valence-corrected chi connectivity index (χ4v) is 2.94. The molecule has 1 N–H and O–H groups in total. The van der Waals surface area contributed by atoms with Crippen molar-refractivity contribution in [2.75, 3.05) is 26.2 Å². The zero-order valence-electron chi connectivity index (χ0n) is 11.0. The van der Waals surface area contributed by atoms with Gasteiger partial charge in [0.1, 0.15) is 0 Å². The predicted molar refractivity (Wildman–Crippen MR) is 66.7 cm³/mol. The maximum absolute atomic E-state index is 5.96. The minimum atomic E-state index is 0.116. The minimum Gasteiger partial charge on any atom is -0.371 e. The SMILES string of the molecule is CCC1CCC(C)N1CCOC1(C)CNC1. The van der Waals surface area contributed by atoms with Crippen LogP contribution in [0.1, 0.15) is 40.0 Å². The summed E-state index contributed by atoms with van der Waals surface area (Å²) >= 11 is 0. The lowest BCUT2D eigenvalue weighted by Crippen LogP contribution is -2.59. The van der Waals surface area contributed by atoms with Crippen LogP contribution in [0.3, 0.4) is 0 Å². The van der Waals surface area contributed by atoms with Crippen LogP contribution in [0.4, 0.5) is 0 Å². The molecule has 0 radical (unpaired) electrons. The molecule has 2 unspecified atom stereocenters. The van der Waals surface area contributed by atoms with Gasteiger partial charge in [-0.3, -0.25) is 4.90 Å². The van der Waals surface area contributed by atoms with Crippen LogP contribution in [0.25, 0.3) is 0 Å². The van der Waals surface area contributed by atoms with Crippen molar-refractivity contribution < 1.29 is 4.74 Å². The summed E-state index contributed by atoms with van der Waals surface area (Å²) < 4.78 is 5.96. The molecule has 2 fully saturated rings. The normalized spacial score (nSPS) is 33.9. The first-order chi connectivity index (χ1) is 7.64. The Balaban J connectivity index is 1.71. The van der Waals surface area contributed by atoms with Gasteiger partial charge in [-0.15, -0.1) is 0 Å². The van der Waals surface area contributed by atoms with Crippen molar-refractivity contribution in [3.63, 3.8) is 0 Å². The van der Waals surface area contributed by atoms with Gasteiger partial charge in [0.15, 0.2) is 0 Å². The second-order valence-corrected chi connectivity index (χ2v) is 5.63. The first-order valence-electron chi connectivity index (χ1n) is 6.75. The second-order valence-electron chi connectivity index (χ2n) is 5.63. The van der Waals surface area contributed by atoms with Crippen molar-refractivity contribution in [1.82, 2.24) is 10.2 Å². The van der Waals surface area contributed by atoms with E-state index in [0.29, 0.717) is 0 Å². The van der Waals surface area contributed by atoms with E-state index in [-0.39, 0.29) is 5.60 Å². The van der Waals surface area contributed by atoms with Crippen molar-refractivity contribution in [1.29, 1.82) is 0 Å². The molecule has 0 aromatic carbocycles. The monoisotopic (exact) mass is 226 g/mol. The molecule has 3 heteroatoms. The Morgan fingerprint density at radius 2 is 2.12 bits per heavy atom. The topological polar surface area (TPSA) is 24.5 Å². The molecule has 3 nitrogen and oxygen atoms in total. The Labute approximate surface area is 99.5 Å². The molecule has 2 aliphatic heterocycles. The molecule has 0 spiro atoms. The van der Waals surface area contributed by atoms with Crippen LogP contribution in [0.15, 0.2) is 0 Å². The van der Waals surface area contributed by atoms with E-state index in [1.165, 1.54) is 19.3 Å². The van der Waals surface area contributed by atoms with E-state index in [9.17, 15) is 0 Å². The number of nitrogens with one attached hydrogen (secondary N) is 1. The Kier molecular flexibility index (Phi) is 3.88. The van der Waals surface area contributed by atoms with Gasteiger partial charge in [0, 0.05) is 31.7 Å². The van der Waals surface area contributed by atoms with Crippen molar-refractivity contribution >= 4 is 0 Å². The highest BCUT2D eigenvalue weighted by Crippen LogP contribution is 2.25. The highest BCUT2D eigenvalue weighted by Gasteiger charge is 2.33. The Morgan fingerprint density at radius 3 is 2.69 bits per heavy atom. The quantitative estimate of drug-likeness (QED) is 0.771. The van der Waals surface area contributed by atoms with E-state index in [1.54, 1.807) is 0 Å². The fraction of sp³-hybridized carbons (Fsp3) is 1.00. The number of ether oxygens (including phenoxy) is 1. The van der Waals surface area contributed by atoms with E-state index in [0.717, 1.165) is 38.3 Å². The zero-order chi connectivity index (χ0) is 11.6. The van der Waals surface area contributed by atoms with Crippen LogP contribution in [-0.2, 0) is 4.74 Å². The first-order valence-corrected chi connectivity index (χ1v) is 6.75. The molecule has 0 aromatic rings. The van der Waals surface area contributed by atoms with E-state index >= 15 is 0 Å². The van der Waals surface area contributed by atoms with Crippen LogP contribution < -0.4 is 5.32 Å². The summed E-state index contributed by atoms with van der Waals surface area (Å²) in [6.07, 6.45) is 4.01. The first kappa shape index (κ1) is 12.3. The van der Waals surface area contributed by atoms with Gasteiger partial charge >= 0.3 is 0 Å². The molecular weight excluding hydrogens is 200 g/mol. The summed E-state index contributed by atoms with van der Waals surface area (Å²) in [6, 6.07) is 1.55. The summed E-state index contributed by atoms with van der Waals surface area (Å²) in [6.45, 7) is 10.9. The van der Waals surface area contributed by atoms with Crippen LogP contribution >= 0.6 is 0 Å². The van der Waals surface area contributed by atoms with Crippen LogP contribution in [0.2, 0.25) is 0 Å². The van der Waals surface area contributed by atoms with Gasteiger partial charge in [0.2, 0.25) is 0 Å². The van der Waals surface area contributed by atoms with Gasteiger partial charge < -0.3 is 10.1 Å². The standard InChI is InChI=1S/C13H26N2O/c1-4-12-6-5-11(2)15(12)7-8-16-13(3)9-14-10-13/h11-12,14H,4-10H2,1-3H3. The molecule has 2 saturated heterocycles. The Hall–Kier alpha value is -0.120. The number of likely N-dealkylation sites (tertiary alicyclic amines) is 1. The average Bonchev–Trinajstić information content (AvgIpc) is 2.58. The summed E-state index contributed by atoms with van der Waals surface area (Å²) in [5.74, 6) is 0. The summed E-state index contributed by atoms with van der Waals surface area (Å²) in [5.41, 5.74) is 0.116. The molecule has 2 aliphatic rings. The van der Waals surface area contributed by atoms with Crippen molar-refractivity contribution in [2.45, 2.75) is 57.7 Å². The molecule has 2 rings (SSSR count). The molecule has 2 heterocycles. The molecule has 0 aromatic heterocycles. The smallest absolute Gasteiger partial charge is 0.0902 e. The highest BCUT2D eigenvalue weighted by molar-refractivity contribution is 4.90. The third-order valence-corrected chi connectivity index (χ3v) is 4.22. The van der Waals surface area contributed by atoms with E-state index < -0.39 is 0 Å². The van der Waals surface area contributed by atoms with Crippen molar-refractivity contribution in [3.8, 4) is 0 Å². The average molecular weight is 226 g/mol. The predicted octanol–water partition coefficient (Wildman–Crippen LogP) is 1.63. The lowest BCUT2D eigenvalue weighted by atomic mass is 10.0. The van der Waals surface area contributed by atoms with Crippen LogP contribution in [0, 0.1) is 0 Å². The molecule has 0 amide bonds. The largest absolute Gasteiger partial charge is 0.371 e. The summed E-state index contributed by atoms with van der Waals surface area (Å²) in [7, 11) is 0. The second kappa shape index (κ2) is 5.03. The van der Waals surface area contributed by atoms with Gasteiger partial charge in [0.05, 0.1) is 12.2 Å². The van der Waals surface area contributed by atoms with Crippen LogP contribution in [0.5, 0.6) is 0 Å². The van der Waals surface area contributed by atoms with Crippen molar-refractivity contribution in [2.24, 2.45) is 0 Å². The minimum absolute atomic E-state index is 0.116. The fourth-order valence-electron chi connectivity index (χ4n) is 2.94. The Bertz CT molecular complexity index is 228. The molecule has 16 heavy (non-hydrogen) atoms. The van der Waals surface area contributed by atoms with Gasteiger partial charge in [0.25, 0.3) is 0 Å². The molecule has 0 aliphatic carbocycles. The molecule has 0 saturated carbocycles. The van der Waals surface area contributed by atoms with Gasteiger partial charge in [-0.05, 0) is 33.1 Å². The summed E-state index contributed by atoms with van der Waals surface area (Å²) in [4.78, 5) is 2.63. The maximum Gasteiger partial charge on any atom is 0.0902 e. The van der Waals surface area contributed by atoms with Crippen molar-refractivity contribution in [3.05, 3.63) is 0 Å². The number of hydrogen-bond donors (Lipinski definition) is 1. The Morgan fingerprint density at radius 1 is 1.38 bits per heavy atom. The van der Waals surface area contributed by atoms with Gasteiger partial charge in [-0.2, -0.15) is 0 Å². The number of hydrogen-bond acceptors (Lipinski definition) is 3. The number of rotatable bonds is 5. The van der Waals surface area contributed by atoms with Gasteiger partial charge in [-0.25, -0.2) is 0 Å². The maximum atomic E-state index is 5.96. The molecule has 94 valence electrons. The van der Waals surface area contributed by atoms with E-state index in [1.807, 2.05) is 0 Å². The molecule has 2 atom stereocenters. The highest BCUT2D eigenvalue weighted by atomic mass is 16.5. The number of nitrogens with zero attached hydrogens (tertiary/aromatic N) is 1. The zero-order valence-corrected chi connectivity index (χ0v) is 11.0. The molecular formula is C13H26N2O. The lowest BCUT2D eigenvalue weighted by molar-refractivity contribution is -0.0747. The van der Waals surface area contributed by atoms with Crippen LogP contribution in [-0.4, -0.2) is 48.8 Å². The van der Waals surface area contributed by atoms with E-state index in [2.05, 4.69) is 31.0 Å². The van der Waals surface area contributed by atoms with Gasteiger partial charge in [-0.1, -0.05) is 6.92 Å². The third kappa shape index (κ3) is 2.58. The third-order valence-electron chi connectivity index (χ3n) is 4.22. The lowest BCUT2D eigenvalue weighted by Gasteiger charge is -2.40. The molecule has 0 bridgehead atoms. The van der Waals surface area contributed by atoms with E-state index in [4.69, 9.17) is 4.74 Å².